The first kappa shape index (κ1) is 18.1. The minimum atomic E-state index is -0.961. The van der Waals surface area contributed by atoms with Crippen molar-refractivity contribution in [1.82, 2.24) is 4.98 Å². The molecule has 0 saturated carbocycles. The lowest BCUT2D eigenvalue weighted by molar-refractivity contribution is -0.118. The lowest BCUT2D eigenvalue weighted by Crippen LogP contribution is -2.05. The molecule has 0 aliphatic rings. The molecule has 0 fully saturated rings. The fourth-order valence-electron chi connectivity index (χ4n) is 3.06. The molecule has 0 aliphatic carbocycles. The summed E-state index contributed by atoms with van der Waals surface area (Å²) in [4.78, 5) is 28.0. The van der Waals surface area contributed by atoms with Crippen LogP contribution in [0.2, 0.25) is 0 Å². The monoisotopic (exact) mass is 391 g/mol. The van der Waals surface area contributed by atoms with Crippen LogP contribution in [0.1, 0.15) is 27.3 Å². The third-order valence-electron chi connectivity index (χ3n) is 4.50. The Hall–Kier alpha value is -3.25. The van der Waals surface area contributed by atoms with Gasteiger partial charge in [0.25, 0.3) is 0 Å². The Kier molecular flexibility index (Phi) is 5.04. The van der Waals surface area contributed by atoms with Crippen LogP contribution >= 0.6 is 11.3 Å². The summed E-state index contributed by atoms with van der Waals surface area (Å²) in [6.07, 6.45) is 4.52. The van der Waals surface area contributed by atoms with Gasteiger partial charge >= 0.3 is 5.97 Å². The van der Waals surface area contributed by atoms with E-state index in [1.807, 2.05) is 24.3 Å². The highest BCUT2D eigenvalue weighted by atomic mass is 32.1. The molecule has 0 radical (unpaired) electrons. The van der Waals surface area contributed by atoms with Gasteiger partial charge in [0.2, 0.25) is 0 Å². The highest BCUT2D eigenvalue weighted by Crippen LogP contribution is 2.29. The van der Waals surface area contributed by atoms with E-state index in [4.69, 9.17) is 9.52 Å². The summed E-state index contributed by atoms with van der Waals surface area (Å²) in [5.41, 5.74) is 4.04. The summed E-state index contributed by atoms with van der Waals surface area (Å²) in [7, 11) is 0. The molecule has 2 aromatic heterocycles. The normalized spacial score (nSPS) is 11.0. The van der Waals surface area contributed by atoms with Gasteiger partial charge in [-0.2, -0.15) is 0 Å². The van der Waals surface area contributed by atoms with Crippen molar-refractivity contribution >= 4 is 33.3 Å². The number of carboxylic acid groups (broad SMARTS) is 1. The van der Waals surface area contributed by atoms with E-state index in [0.717, 1.165) is 31.9 Å². The Balaban J connectivity index is 1.42. The minimum Gasteiger partial charge on any atom is -0.478 e. The van der Waals surface area contributed by atoms with Crippen LogP contribution in [-0.2, 0) is 17.6 Å². The maximum Gasteiger partial charge on any atom is 0.335 e. The average Bonchev–Trinajstić information content (AvgIpc) is 3.35. The number of carbonyl (C=O) groups excluding carboxylic acids is 1. The number of carbonyl (C=O) groups is 2. The van der Waals surface area contributed by atoms with Gasteiger partial charge in [0.15, 0.2) is 0 Å². The molecular weight excluding hydrogens is 374 g/mol. The SMILES string of the molecule is O=C(CCc1cccc(C(=O)O)c1)Cc1nc2ccc(-c3ccoc3)cc2s1. The molecule has 140 valence electrons. The van der Waals surface area contributed by atoms with Crippen LogP contribution in [-0.4, -0.2) is 21.8 Å². The first-order valence-electron chi connectivity index (χ1n) is 8.84. The molecule has 2 heterocycles. The van der Waals surface area contributed by atoms with Crippen LogP contribution in [0.4, 0.5) is 0 Å². The predicted octanol–water partition coefficient (Wildman–Crippen LogP) is 5.00. The summed E-state index contributed by atoms with van der Waals surface area (Å²) in [6.45, 7) is 0. The first-order valence-corrected chi connectivity index (χ1v) is 9.66. The topological polar surface area (TPSA) is 80.4 Å². The number of aryl methyl sites for hydroxylation is 1. The Labute approximate surface area is 165 Å². The number of fused-ring (bicyclic) bond motifs is 1. The summed E-state index contributed by atoms with van der Waals surface area (Å²) >= 11 is 1.52. The molecule has 4 rings (SSSR count). The highest BCUT2D eigenvalue weighted by Gasteiger charge is 2.11. The van der Waals surface area contributed by atoms with Gasteiger partial charge in [0.1, 0.15) is 10.8 Å². The van der Waals surface area contributed by atoms with Crippen molar-refractivity contribution in [2.75, 3.05) is 0 Å². The van der Waals surface area contributed by atoms with Crippen LogP contribution in [0.15, 0.2) is 65.5 Å². The molecule has 2 aromatic carbocycles. The van der Waals surface area contributed by atoms with Gasteiger partial charge in [-0.1, -0.05) is 18.2 Å². The second-order valence-electron chi connectivity index (χ2n) is 6.52. The number of ketones is 1. The summed E-state index contributed by atoms with van der Waals surface area (Å²) < 4.78 is 6.17. The van der Waals surface area contributed by atoms with Crippen LogP contribution in [0.5, 0.6) is 0 Å². The van der Waals surface area contributed by atoms with Gasteiger partial charge in [-0.15, -0.1) is 11.3 Å². The van der Waals surface area contributed by atoms with E-state index in [1.165, 1.54) is 11.3 Å². The Morgan fingerprint density at radius 2 is 1.96 bits per heavy atom. The van der Waals surface area contributed by atoms with Crippen molar-refractivity contribution in [1.29, 1.82) is 0 Å². The van der Waals surface area contributed by atoms with Gasteiger partial charge in [-0.05, 0) is 47.9 Å². The number of aromatic carboxylic acids is 1. The predicted molar refractivity (Wildman–Crippen MR) is 108 cm³/mol. The zero-order valence-electron chi connectivity index (χ0n) is 14.9. The van der Waals surface area contributed by atoms with E-state index in [1.54, 1.807) is 30.7 Å². The highest BCUT2D eigenvalue weighted by molar-refractivity contribution is 7.18. The lowest BCUT2D eigenvalue weighted by atomic mass is 10.0. The quantitative estimate of drug-likeness (QED) is 0.479. The van der Waals surface area contributed by atoms with E-state index in [2.05, 4.69) is 11.1 Å². The van der Waals surface area contributed by atoms with E-state index in [0.29, 0.717) is 19.3 Å². The molecule has 0 saturated heterocycles. The summed E-state index contributed by atoms with van der Waals surface area (Å²) in [5, 5.41) is 9.85. The summed E-state index contributed by atoms with van der Waals surface area (Å²) in [5.74, 6) is -0.868. The molecule has 6 heteroatoms. The van der Waals surface area contributed by atoms with E-state index < -0.39 is 5.97 Å². The first-order chi connectivity index (χ1) is 13.6. The Morgan fingerprint density at radius 3 is 2.75 bits per heavy atom. The third-order valence-corrected chi connectivity index (χ3v) is 5.52. The van der Waals surface area contributed by atoms with Gasteiger partial charge in [0.05, 0.1) is 34.7 Å². The zero-order valence-corrected chi connectivity index (χ0v) is 15.7. The number of nitrogens with zero attached hydrogens (tertiary/aromatic N) is 1. The van der Waals surface area contributed by atoms with Crippen molar-refractivity contribution < 1.29 is 19.1 Å². The second kappa shape index (κ2) is 7.78. The fourth-order valence-corrected chi connectivity index (χ4v) is 4.09. The number of carboxylic acids is 1. The van der Waals surface area contributed by atoms with Gasteiger partial charge in [-0.3, -0.25) is 4.79 Å². The fraction of sp³-hybridized carbons (Fsp3) is 0.136. The van der Waals surface area contributed by atoms with Crippen molar-refractivity contribution in [3.8, 4) is 11.1 Å². The standard InChI is InChI=1S/C22H17NO4S/c24-18(6-4-14-2-1-3-16(10-14)22(25)26)12-21-23-19-7-5-15(11-20(19)28-21)17-8-9-27-13-17/h1-3,5,7-11,13H,4,6,12H2,(H,25,26). The zero-order chi connectivity index (χ0) is 19.5. The second-order valence-corrected chi connectivity index (χ2v) is 7.64. The number of furan rings is 1. The van der Waals surface area contributed by atoms with Gasteiger partial charge in [0, 0.05) is 12.0 Å². The smallest absolute Gasteiger partial charge is 0.335 e. The largest absolute Gasteiger partial charge is 0.478 e. The number of aromatic nitrogens is 1. The average molecular weight is 391 g/mol. The number of benzene rings is 2. The molecule has 0 amide bonds. The number of thiazole rings is 1. The Morgan fingerprint density at radius 1 is 1.07 bits per heavy atom. The van der Waals surface area contributed by atoms with Crippen LogP contribution in [0.25, 0.3) is 21.3 Å². The van der Waals surface area contributed by atoms with E-state index >= 15 is 0 Å². The molecular formula is C22H17NO4S. The molecule has 0 atom stereocenters. The van der Waals surface area contributed by atoms with Gasteiger partial charge < -0.3 is 9.52 Å². The molecule has 0 bridgehead atoms. The summed E-state index contributed by atoms with van der Waals surface area (Å²) in [6, 6.07) is 14.6. The van der Waals surface area contributed by atoms with Crippen molar-refractivity contribution in [3.63, 3.8) is 0 Å². The molecule has 0 spiro atoms. The van der Waals surface area contributed by atoms with Gasteiger partial charge in [-0.25, -0.2) is 9.78 Å². The molecule has 0 aliphatic heterocycles. The number of hydrogen-bond donors (Lipinski definition) is 1. The Bertz CT molecular complexity index is 1140. The van der Waals surface area contributed by atoms with Crippen LogP contribution in [0, 0.1) is 0 Å². The van der Waals surface area contributed by atoms with Crippen molar-refractivity contribution in [2.24, 2.45) is 0 Å². The molecule has 28 heavy (non-hydrogen) atoms. The number of rotatable bonds is 7. The maximum absolute atomic E-state index is 12.4. The van der Waals surface area contributed by atoms with E-state index in [9.17, 15) is 9.59 Å². The maximum atomic E-state index is 12.4. The molecule has 1 N–H and O–H groups in total. The number of Topliss-reactive ketones (excluding diaryl/α,β-unsaturated/α-hetero) is 1. The number of hydrogen-bond acceptors (Lipinski definition) is 5. The molecule has 0 unspecified atom stereocenters. The third kappa shape index (κ3) is 4.02. The lowest BCUT2D eigenvalue weighted by Gasteiger charge is -2.02. The minimum absolute atomic E-state index is 0.0924. The van der Waals surface area contributed by atoms with Crippen LogP contribution < -0.4 is 0 Å². The molecule has 4 aromatic rings. The van der Waals surface area contributed by atoms with Crippen molar-refractivity contribution in [2.45, 2.75) is 19.3 Å². The van der Waals surface area contributed by atoms with E-state index in [-0.39, 0.29) is 11.3 Å². The van der Waals surface area contributed by atoms with Crippen molar-refractivity contribution in [3.05, 3.63) is 77.2 Å². The van der Waals surface area contributed by atoms with Crippen LogP contribution in [0.3, 0.4) is 0 Å². The molecule has 5 nitrogen and oxygen atoms in total.